The minimum absolute atomic E-state index is 0.0845. The van der Waals surface area contributed by atoms with Gasteiger partial charge in [0.15, 0.2) is 0 Å². The van der Waals surface area contributed by atoms with E-state index in [9.17, 15) is 9.59 Å². The van der Waals surface area contributed by atoms with Gasteiger partial charge >= 0.3 is 0 Å². The molecular weight excluding hydrogens is 394 g/mol. The number of rotatable bonds is 6. The van der Waals surface area contributed by atoms with Gasteiger partial charge in [-0.3, -0.25) is 9.59 Å². The Labute approximate surface area is 184 Å². The van der Waals surface area contributed by atoms with Crippen molar-refractivity contribution >= 4 is 23.6 Å². The maximum absolute atomic E-state index is 12.3. The molecule has 2 amide bonds. The molecule has 2 atom stereocenters. The Morgan fingerprint density at radius 2 is 1.90 bits per heavy atom. The quantitative estimate of drug-likeness (QED) is 0.685. The van der Waals surface area contributed by atoms with E-state index < -0.39 is 0 Å². The number of carbonyl (C=O) groups excluding carboxylic acids is 2. The minimum atomic E-state index is -0.152. The molecule has 2 saturated heterocycles. The first kappa shape index (κ1) is 21.4. The van der Waals surface area contributed by atoms with Crippen LogP contribution in [0.25, 0.3) is 0 Å². The lowest BCUT2D eigenvalue weighted by atomic mass is 9.90. The van der Waals surface area contributed by atoms with Crippen LogP contribution in [0.15, 0.2) is 41.3 Å². The predicted molar refractivity (Wildman–Crippen MR) is 122 cm³/mol. The second kappa shape index (κ2) is 10.5. The smallest absolute Gasteiger partial charge is 0.258 e. The summed E-state index contributed by atoms with van der Waals surface area (Å²) in [6.07, 6.45) is 9.67. The molecule has 2 unspecified atom stereocenters. The molecule has 1 aromatic carbocycles. The van der Waals surface area contributed by atoms with Crippen LogP contribution in [0.5, 0.6) is 0 Å². The molecule has 3 fully saturated rings. The largest absolute Gasteiger partial charge is 0.351 e. The molecule has 2 aliphatic heterocycles. The Bertz CT molecular complexity index is 759. The molecule has 162 valence electrons. The summed E-state index contributed by atoms with van der Waals surface area (Å²) in [7, 11) is 0. The third kappa shape index (κ3) is 5.88. The molecular formula is C24H33N3O2S. The maximum atomic E-state index is 12.3. The first-order valence-corrected chi connectivity index (χ1v) is 12.3. The van der Waals surface area contributed by atoms with Crippen LogP contribution in [-0.2, 0) is 16.0 Å². The molecule has 6 heteroatoms. The van der Waals surface area contributed by atoms with Crippen LogP contribution in [0, 0.1) is 5.92 Å². The van der Waals surface area contributed by atoms with Crippen LogP contribution < -0.4 is 10.6 Å². The molecule has 1 aliphatic carbocycles. The first-order valence-electron chi connectivity index (χ1n) is 11.4. The predicted octanol–water partition coefficient (Wildman–Crippen LogP) is 3.12. The summed E-state index contributed by atoms with van der Waals surface area (Å²) in [5.41, 5.74) is 1.43. The second-order valence-electron chi connectivity index (χ2n) is 8.80. The van der Waals surface area contributed by atoms with Crippen molar-refractivity contribution in [3.63, 3.8) is 0 Å². The zero-order valence-corrected chi connectivity index (χ0v) is 18.5. The van der Waals surface area contributed by atoms with E-state index in [0.717, 1.165) is 38.4 Å². The molecule has 0 aromatic heterocycles. The van der Waals surface area contributed by atoms with Crippen LogP contribution in [-0.4, -0.2) is 54.2 Å². The zero-order valence-electron chi connectivity index (χ0n) is 17.6. The van der Waals surface area contributed by atoms with Crippen molar-refractivity contribution in [3.05, 3.63) is 46.9 Å². The van der Waals surface area contributed by atoms with Gasteiger partial charge in [0.1, 0.15) is 0 Å². The van der Waals surface area contributed by atoms with E-state index in [0.29, 0.717) is 16.7 Å². The molecule has 1 saturated carbocycles. The number of benzene rings is 1. The SMILES string of the molecule is O=C(/C=C1\SC2CCCCC2NC1=O)NCCN1CCC(Cc2ccccc2)CC1. The van der Waals surface area contributed by atoms with Crippen LogP contribution in [0.1, 0.15) is 44.1 Å². The fourth-order valence-corrected chi connectivity index (χ4v) is 6.15. The second-order valence-corrected chi connectivity index (χ2v) is 10.1. The van der Waals surface area contributed by atoms with E-state index in [2.05, 4.69) is 45.9 Å². The first-order chi connectivity index (χ1) is 14.7. The Morgan fingerprint density at radius 1 is 1.13 bits per heavy atom. The standard InChI is InChI=1S/C24H33N3O2S/c28-23(17-22-24(29)26-20-8-4-5-9-21(20)30-22)25-12-15-27-13-10-19(11-14-27)16-18-6-2-1-3-7-18/h1-3,6-7,17,19-21H,4-5,8-16H2,(H,25,28)(H,26,29)/b22-17-. The topological polar surface area (TPSA) is 61.4 Å². The lowest BCUT2D eigenvalue weighted by molar-refractivity contribution is -0.119. The number of hydrogen-bond acceptors (Lipinski definition) is 4. The van der Waals surface area contributed by atoms with Gasteiger partial charge in [0.05, 0.1) is 4.91 Å². The molecule has 2 N–H and O–H groups in total. The molecule has 2 heterocycles. The summed E-state index contributed by atoms with van der Waals surface area (Å²) in [6, 6.07) is 11.0. The Hall–Kier alpha value is -1.79. The van der Waals surface area contributed by atoms with E-state index in [1.165, 1.54) is 43.7 Å². The highest BCUT2D eigenvalue weighted by atomic mass is 32.2. The Kier molecular flexibility index (Phi) is 7.50. The van der Waals surface area contributed by atoms with Crippen LogP contribution in [0.3, 0.4) is 0 Å². The van der Waals surface area contributed by atoms with Crippen molar-refractivity contribution < 1.29 is 9.59 Å². The summed E-state index contributed by atoms with van der Waals surface area (Å²) >= 11 is 1.59. The van der Waals surface area contributed by atoms with Gasteiger partial charge in [0.2, 0.25) is 5.91 Å². The summed E-state index contributed by atoms with van der Waals surface area (Å²) < 4.78 is 0. The van der Waals surface area contributed by atoms with Gasteiger partial charge in [-0.05, 0) is 56.7 Å². The number of likely N-dealkylation sites (tertiary alicyclic amines) is 1. The number of piperidine rings is 1. The monoisotopic (exact) mass is 427 g/mol. The lowest BCUT2D eigenvalue weighted by Gasteiger charge is -2.36. The number of fused-ring (bicyclic) bond motifs is 1. The molecule has 30 heavy (non-hydrogen) atoms. The average Bonchev–Trinajstić information content (AvgIpc) is 2.76. The van der Waals surface area contributed by atoms with Crippen LogP contribution in [0.4, 0.5) is 0 Å². The number of nitrogens with one attached hydrogen (secondary N) is 2. The van der Waals surface area contributed by atoms with Crippen molar-refractivity contribution in [3.8, 4) is 0 Å². The molecule has 1 aromatic rings. The number of thioether (sulfide) groups is 1. The molecule has 4 rings (SSSR count). The molecule has 0 bridgehead atoms. The summed E-state index contributed by atoms with van der Waals surface area (Å²) in [6.45, 7) is 3.69. The lowest BCUT2D eigenvalue weighted by Crippen LogP contribution is -2.48. The molecule has 0 radical (unpaired) electrons. The number of carbonyl (C=O) groups is 2. The van der Waals surface area contributed by atoms with E-state index in [1.54, 1.807) is 11.8 Å². The molecule has 5 nitrogen and oxygen atoms in total. The van der Waals surface area contributed by atoms with E-state index in [-0.39, 0.29) is 17.9 Å². The fourth-order valence-electron chi connectivity index (χ4n) is 4.83. The van der Waals surface area contributed by atoms with Crippen LogP contribution in [0.2, 0.25) is 0 Å². The van der Waals surface area contributed by atoms with Gasteiger partial charge in [-0.25, -0.2) is 0 Å². The average molecular weight is 428 g/mol. The molecule has 0 spiro atoms. The van der Waals surface area contributed by atoms with Crippen molar-refractivity contribution in [2.75, 3.05) is 26.2 Å². The Morgan fingerprint density at radius 3 is 2.70 bits per heavy atom. The van der Waals surface area contributed by atoms with Gasteiger partial charge in [0.25, 0.3) is 5.91 Å². The summed E-state index contributed by atoms with van der Waals surface area (Å²) in [4.78, 5) is 27.6. The minimum Gasteiger partial charge on any atom is -0.351 e. The zero-order chi connectivity index (χ0) is 20.8. The van der Waals surface area contributed by atoms with E-state index in [1.807, 2.05) is 0 Å². The number of nitrogens with zero attached hydrogens (tertiary/aromatic N) is 1. The summed E-state index contributed by atoms with van der Waals surface area (Å²) in [5, 5.41) is 6.48. The number of amides is 2. The van der Waals surface area contributed by atoms with Gasteiger partial charge in [0, 0.05) is 30.5 Å². The van der Waals surface area contributed by atoms with E-state index >= 15 is 0 Å². The van der Waals surface area contributed by atoms with Gasteiger partial charge in [-0.15, -0.1) is 11.8 Å². The third-order valence-electron chi connectivity index (χ3n) is 6.58. The fraction of sp³-hybridized carbons (Fsp3) is 0.583. The van der Waals surface area contributed by atoms with Crippen molar-refractivity contribution in [1.29, 1.82) is 0 Å². The van der Waals surface area contributed by atoms with Crippen molar-refractivity contribution in [2.45, 2.75) is 56.2 Å². The maximum Gasteiger partial charge on any atom is 0.258 e. The number of hydrogen-bond donors (Lipinski definition) is 2. The van der Waals surface area contributed by atoms with Gasteiger partial charge < -0.3 is 15.5 Å². The highest BCUT2D eigenvalue weighted by Crippen LogP contribution is 2.36. The molecule has 3 aliphatic rings. The highest BCUT2D eigenvalue weighted by Gasteiger charge is 2.34. The van der Waals surface area contributed by atoms with Gasteiger partial charge in [-0.2, -0.15) is 0 Å². The van der Waals surface area contributed by atoms with Crippen molar-refractivity contribution in [2.24, 2.45) is 5.92 Å². The van der Waals surface area contributed by atoms with Crippen LogP contribution >= 0.6 is 11.8 Å². The highest BCUT2D eigenvalue weighted by molar-refractivity contribution is 8.04. The third-order valence-corrected chi connectivity index (χ3v) is 8.01. The van der Waals surface area contributed by atoms with E-state index in [4.69, 9.17) is 0 Å². The Balaban J connectivity index is 1.15. The van der Waals surface area contributed by atoms with Crippen molar-refractivity contribution in [1.82, 2.24) is 15.5 Å². The summed E-state index contributed by atoms with van der Waals surface area (Å²) in [5.74, 6) is 0.521. The van der Waals surface area contributed by atoms with Gasteiger partial charge in [-0.1, -0.05) is 43.2 Å². The normalized spacial score (nSPS) is 26.8.